The predicted molar refractivity (Wildman–Crippen MR) is 94.3 cm³/mol. The molecule has 8 nitrogen and oxygen atoms in total. The third-order valence-corrected chi connectivity index (χ3v) is 3.94. The number of phenols is 1. The first-order chi connectivity index (χ1) is 11.8. The summed E-state index contributed by atoms with van der Waals surface area (Å²) >= 11 is 0. The predicted octanol–water partition coefficient (Wildman–Crippen LogP) is 1.44. The highest BCUT2D eigenvalue weighted by molar-refractivity contribution is 5.94. The Kier molecular flexibility index (Phi) is 5.63. The van der Waals surface area contributed by atoms with Crippen molar-refractivity contribution in [3.8, 4) is 5.75 Å². The Labute approximate surface area is 146 Å². The summed E-state index contributed by atoms with van der Waals surface area (Å²) in [4.78, 5) is 23.9. The Morgan fingerprint density at radius 3 is 2.44 bits per heavy atom. The topological polar surface area (TPSA) is 122 Å². The van der Waals surface area contributed by atoms with Crippen LogP contribution in [-0.4, -0.2) is 32.9 Å². The molecule has 0 fully saturated rings. The van der Waals surface area contributed by atoms with E-state index >= 15 is 0 Å². The van der Waals surface area contributed by atoms with Gasteiger partial charge in [0.1, 0.15) is 11.8 Å². The van der Waals surface area contributed by atoms with Crippen molar-refractivity contribution < 1.29 is 14.7 Å². The summed E-state index contributed by atoms with van der Waals surface area (Å²) in [6, 6.07) is 4.98. The molecule has 1 aromatic heterocycles. The Morgan fingerprint density at radius 1 is 1.28 bits per heavy atom. The van der Waals surface area contributed by atoms with Gasteiger partial charge in [0.2, 0.25) is 5.91 Å². The number of hydrogen-bond donors (Lipinski definition) is 4. The summed E-state index contributed by atoms with van der Waals surface area (Å²) in [7, 11) is 0. The molecule has 2 aromatic rings. The smallest absolute Gasteiger partial charge is 0.320 e. The van der Waals surface area contributed by atoms with Crippen LogP contribution in [-0.2, 0) is 17.8 Å². The van der Waals surface area contributed by atoms with Crippen molar-refractivity contribution in [3.05, 3.63) is 41.2 Å². The van der Waals surface area contributed by atoms with Crippen LogP contribution in [0.1, 0.15) is 23.9 Å². The first-order valence-corrected chi connectivity index (χ1v) is 8.00. The number of carbonyl (C=O) groups is 2. The average molecular weight is 345 g/mol. The van der Waals surface area contributed by atoms with Gasteiger partial charge in [-0.25, -0.2) is 4.79 Å². The van der Waals surface area contributed by atoms with Crippen LogP contribution in [0.15, 0.2) is 24.3 Å². The molecule has 0 radical (unpaired) electrons. The molecule has 0 aliphatic carbocycles. The molecule has 1 heterocycles. The highest BCUT2D eigenvalue weighted by atomic mass is 16.3. The van der Waals surface area contributed by atoms with E-state index in [0.717, 1.165) is 11.3 Å². The second kappa shape index (κ2) is 7.69. The number of anilines is 1. The van der Waals surface area contributed by atoms with Gasteiger partial charge in [0.05, 0.1) is 17.1 Å². The van der Waals surface area contributed by atoms with Crippen molar-refractivity contribution in [3.63, 3.8) is 0 Å². The lowest BCUT2D eigenvalue weighted by molar-refractivity contribution is -0.119. The number of phenolic OH excluding ortho intramolecular Hbond substituents is 1. The first-order valence-electron chi connectivity index (χ1n) is 8.00. The minimum Gasteiger partial charge on any atom is -0.508 e. The Balaban J connectivity index is 2.06. The summed E-state index contributed by atoms with van der Waals surface area (Å²) in [5, 5.41) is 19.0. The number of nitrogens with two attached hydrogens (primary N) is 1. The fraction of sp³-hybridized carbons (Fsp3) is 0.353. The number of benzene rings is 1. The van der Waals surface area contributed by atoms with Crippen LogP contribution in [0.3, 0.4) is 0 Å². The number of carbonyl (C=O) groups excluding carboxylic acids is 2. The molecule has 0 saturated heterocycles. The Hall–Kier alpha value is -3.03. The average Bonchev–Trinajstić information content (AvgIpc) is 2.83. The van der Waals surface area contributed by atoms with Gasteiger partial charge in [0.15, 0.2) is 0 Å². The van der Waals surface area contributed by atoms with Crippen LogP contribution < -0.4 is 16.4 Å². The number of rotatable bonds is 6. The second-order valence-corrected chi connectivity index (χ2v) is 5.79. The fourth-order valence-electron chi connectivity index (χ4n) is 2.58. The number of nitrogens with one attached hydrogen (secondary N) is 2. The van der Waals surface area contributed by atoms with Crippen molar-refractivity contribution in [2.24, 2.45) is 5.73 Å². The van der Waals surface area contributed by atoms with Gasteiger partial charge in [-0.1, -0.05) is 12.1 Å². The monoisotopic (exact) mass is 345 g/mol. The van der Waals surface area contributed by atoms with E-state index < -0.39 is 18.0 Å². The van der Waals surface area contributed by atoms with Gasteiger partial charge in [-0.3, -0.25) is 9.48 Å². The van der Waals surface area contributed by atoms with Crippen LogP contribution in [0.5, 0.6) is 5.75 Å². The van der Waals surface area contributed by atoms with Gasteiger partial charge in [0.25, 0.3) is 0 Å². The molecule has 0 aliphatic rings. The van der Waals surface area contributed by atoms with E-state index in [1.165, 1.54) is 12.1 Å². The number of aromatic hydroxyl groups is 1. The minimum atomic E-state index is -0.869. The molecule has 2 rings (SSSR count). The molecule has 5 N–H and O–H groups in total. The number of nitrogens with zero attached hydrogens (tertiary/aromatic N) is 2. The van der Waals surface area contributed by atoms with E-state index in [1.54, 1.807) is 23.7 Å². The summed E-state index contributed by atoms with van der Waals surface area (Å²) in [5.74, 6) is -0.509. The number of aryl methyl sites for hydroxylation is 2. The normalized spacial score (nSPS) is 11.8. The molecule has 25 heavy (non-hydrogen) atoms. The summed E-state index contributed by atoms with van der Waals surface area (Å²) in [6.07, 6.45) is 0.231. The zero-order chi connectivity index (χ0) is 18.6. The van der Waals surface area contributed by atoms with Crippen LogP contribution in [0.2, 0.25) is 0 Å². The molecule has 0 saturated carbocycles. The van der Waals surface area contributed by atoms with E-state index in [2.05, 4.69) is 15.7 Å². The molecular weight excluding hydrogens is 322 g/mol. The van der Waals surface area contributed by atoms with E-state index in [0.29, 0.717) is 17.9 Å². The maximum Gasteiger partial charge on any atom is 0.320 e. The van der Waals surface area contributed by atoms with E-state index in [-0.39, 0.29) is 12.2 Å². The Bertz CT molecular complexity index is 767. The van der Waals surface area contributed by atoms with E-state index in [9.17, 15) is 14.7 Å². The zero-order valence-electron chi connectivity index (χ0n) is 14.5. The van der Waals surface area contributed by atoms with Crippen LogP contribution in [0.4, 0.5) is 10.5 Å². The third-order valence-electron chi connectivity index (χ3n) is 3.94. The molecule has 0 unspecified atom stereocenters. The number of hydrogen-bond acceptors (Lipinski definition) is 4. The largest absolute Gasteiger partial charge is 0.508 e. The highest BCUT2D eigenvalue weighted by Gasteiger charge is 2.20. The van der Waals surface area contributed by atoms with E-state index in [1.807, 2.05) is 13.8 Å². The Morgan fingerprint density at radius 2 is 1.92 bits per heavy atom. The molecular formula is C17H23N5O3. The zero-order valence-corrected chi connectivity index (χ0v) is 14.5. The minimum absolute atomic E-state index is 0.129. The van der Waals surface area contributed by atoms with Crippen LogP contribution >= 0.6 is 0 Å². The standard InChI is InChI=1S/C17H23N5O3/c1-4-22-11(3)15(10(2)21-22)20-17(25)19-14(16(18)24)9-12-5-7-13(23)8-6-12/h5-8,14,23H,4,9H2,1-3H3,(H2,18,24)(H2,19,20,25)/t14-/m0/s1. The molecule has 1 atom stereocenters. The molecule has 8 heteroatoms. The van der Waals surface area contributed by atoms with Crippen molar-refractivity contribution in [2.75, 3.05) is 5.32 Å². The number of urea groups is 1. The number of aromatic nitrogens is 2. The van der Waals surface area contributed by atoms with Gasteiger partial charge in [-0.15, -0.1) is 0 Å². The van der Waals surface area contributed by atoms with Crippen molar-refractivity contribution in [1.82, 2.24) is 15.1 Å². The van der Waals surface area contributed by atoms with Crippen molar-refractivity contribution in [1.29, 1.82) is 0 Å². The lowest BCUT2D eigenvalue weighted by Crippen LogP contribution is -2.47. The maximum absolute atomic E-state index is 12.3. The molecule has 0 spiro atoms. The van der Waals surface area contributed by atoms with Crippen LogP contribution in [0, 0.1) is 13.8 Å². The van der Waals surface area contributed by atoms with Gasteiger partial charge in [-0.05, 0) is 38.5 Å². The SMILES string of the molecule is CCn1nc(C)c(NC(=O)N[C@@H](Cc2ccc(O)cc2)C(N)=O)c1C. The van der Waals surface area contributed by atoms with Gasteiger partial charge in [0, 0.05) is 13.0 Å². The molecule has 134 valence electrons. The molecule has 0 bridgehead atoms. The lowest BCUT2D eigenvalue weighted by Gasteiger charge is -2.16. The van der Waals surface area contributed by atoms with Gasteiger partial charge >= 0.3 is 6.03 Å². The molecule has 1 aromatic carbocycles. The maximum atomic E-state index is 12.3. The van der Waals surface area contributed by atoms with Crippen LogP contribution in [0.25, 0.3) is 0 Å². The lowest BCUT2D eigenvalue weighted by atomic mass is 10.1. The van der Waals surface area contributed by atoms with Crippen molar-refractivity contribution in [2.45, 2.75) is 39.8 Å². The van der Waals surface area contributed by atoms with Crippen molar-refractivity contribution >= 4 is 17.6 Å². The van der Waals surface area contributed by atoms with Gasteiger partial charge < -0.3 is 21.5 Å². The molecule has 3 amide bonds. The highest BCUT2D eigenvalue weighted by Crippen LogP contribution is 2.19. The summed E-state index contributed by atoms with van der Waals surface area (Å²) in [5.41, 5.74) is 8.32. The molecule has 0 aliphatic heterocycles. The third kappa shape index (κ3) is 4.50. The first kappa shape index (κ1) is 18.3. The second-order valence-electron chi connectivity index (χ2n) is 5.79. The number of amides is 3. The van der Waals surface area contributed by atoms with E-state index in [4.69, 9.17) is 5.73 Å². The van der Waals surface area contributed by atoms with Gasteiger partial charge in [-0.2, -0.15) is 5.10 Å². The number of primary amides is 1. The fourth-order valence-corrected chi connectivity index (χ4v) is 2.58. The quantitative estimate of drug-likeness (QED) is 0.633. The summed E-state index contributed by atoms with van der Waals surface area (Å²) in [6.45, 7) is 6.32. The summed E-state index contributed by atoms with van der Waals surface area (Å²) < 4.78 is 1.78.